The SMILES string of the molecule is COC(=O)c1ccc(CN(c2ccccn2)c2nc(C)no2)cc1. The molecule has 1 aromatic carbocycles. The van der Waals surface area contributed by atoms with Gasteiger partial charge in [-0.05, 0) is 36.8 Å². The number of aryl methyl sites for hydroxylation is 1. The Morgan fingerprint density at radius 1 is 1.21 bits per heavy atom. The van der Waals surface area contributed by atoms with Gasteiger partial charge in [0.15, 0.2) is 5.82 Å². The molecule has 0 bridgehead atoms. The Morgan fingerprint density at radius 2 is 2.00 bits per heavy atom. The molecule has 0 radical (unpaired) electrons. The van der Waals surface area contributed by atoms with Gasteiger partial charge in [-0.3, -0.25) is 4.90 Å². The number of carbonyl (C=O) groups excluding carboxylic acids is 1. The van der Waals surface area contributed by atoms with Crippen molar-refractivity contribution in [2.45, 2.75) is 13.5 Å². The second-order valence-corrected chi connectivity index (χ2v) is 5.09. The largest absolute Gasteiger partial charge is 0.465 e. The van der Waals surface area contributed by atoms with E-state index in [2.05, 4.69) is 15.1 Å². The fourth-order valence-corrected chi connectivity index (χ4v) is 2.20. The van der Waals surface area contributed by atoms with E-state index in [4.69, 9.17) is 9.26 Å². The quantitative estimate of drug-likeness (QED) is 0.667. The summed E-state index contributed by atoms with van der Waals surface area (Å²) in [5, 5.41) is 3.84. The molecule has 3 rings (SSSR count). The van der Waals surface area contributed by atoms with Gasteiger partial charge in [0.25, 0.3) is 0 Å². The fraction of sp³-hybridized carbons (Fsp3) is 0.176. The number of rotatable bonds is 5. The number of ether oxygens (including phenoxy) is 1. The number of hydrogen-bond acceptors (Lipinski definition) is 7. The Kier molecular flexibility index (Phi) is 4.51. The molecule has 7 nitrogen and oxygen atoms in total. The van der Waals surface area contributed by atoms with E-state index in [1.165, 1.54) is 7.11 Å². The second-order valence-electron chi connectivity index (χ2n) is 5.09. The van der Waals surface area contributed by atoms with Crippen molar-refractivity contribution in [3.05, 3.63) is 65.6 Å². The van der Waals surface area contributed by atoms with Gasteiger partial charge in [-0.2, -0.15) is 4.98 Å². The van der Waals surface area contributed by atoms with E-state index >= 15 is 0 Å². The van der Waals surface area contributed by atoms with Crippen LogP contribution in [0.5, 0.6) is 0 Å². The third-order valence-corrected chi connectivity index (χ3v) is 3.39. The van der Waals surface area contributed by atoms with Gasteiger partial charge in [-0.15, -0.1) is 0 Å². The molecule has 0 unspecified atom stereocenters. The maximum atomic E-state index is 11.5. The summed E-state index contributed by atoms with van der Waals surface area (Å²) in [6.07, 6.45) is 1.70. The molecule has 7 heteroatoms. The van der Waals surface area contributed by atoms with Crippen molar-refractivity contribution in [2.75, 3.05) is 12.0 Å². The Labute approximate surface area is 138 Å². The van der Waals surface area contributed by atoms with Gasteiger partial charge in [0.05, 0.1) is 19.2 Å². The first-order valence-electron chi connectivity index (χ1n) is 7.33. The number of pyridine rings is 1. The van der Waals surface area contributed by atoms with Crippen LogP contribution in [-0.4, -0.2) is 28.2 Å². The van der Waals surface area contributed by atoms with Gasteiger partial charge in [-0.1, -0.05) is 23.4 Å². The first-order valence-corrected chi connectivity index (χ1v) is 7.33. The molecule has 2 aromatic heterocycles. The molecule has 24 heavy (non-hydrogen) atoms. The molecule has 0 fully saturated rings. The first-order chi connectivity index (χ1) is 11.7. The highest BCUT2D eigenvalue weighted by atomic mass is 16.5. The van der Waals surface area contributed by atoms with E-state index < -0.39 is 0 Å². The third-order valence-electron chi connectivity index (χ3n) is 3.39. The Hall–Kier alpha value is -3.22. The van der Waals surface area contributed by atoms with Gasteiger partial charge in [-0.25, -0.2) is 9.78 Å². The molecule has 0 aliphatic carbocycles. The van der Waals surface area contributed by atoms with Gasteiger partial charge in [0.2, 0.25) is 0 Å². The van der Waals surface area contributed by atoms with E-state index in [1.54, 1.807) is 25.3 Å². The first kappa shape index (κ1) is 15.7. The molecule has 0 N–H and O–H groups in total. The molecule has 0 saturated carbocycles. The van der Waals surface area contributed by atoms with Crippen LogP contribution in [0.15, 0.2) is 53.2 Å². The monoisotopic (exact) mass is 324 g/mol. The van der Waals surface area contributed by atoms with Crippen LogP contribution in [0, 0.1) is 6.92 Å². The van der Waals surface area contributed by atoms with Crippen molar-refractivity contribution in [3.63, 3.8) is 0 Å². The van der Waals surface area contributed by atoms with Crippen molar-refractivity contribution in [2.24, 2.45) is 0 Å². The lowest BCUT2D eigenvalue weighted by molar-refractivity contribution is 0.0600. The summed E-state index contributed by atoms with van der Waals surface area (Å²) in [5.74, 6) is 0.876. The number of esters is 1. The van der Waals surface area contributed by atoms with E-state index in [1.807, 2.05) is 35.2 Å². The summed E-state index contributed by atoms with van der Waals surface area (Å²) in [7, 11) is 1.36. The normalized spacial score (nSPS) is 10.4. The number of aromatic nitrogens is 3. The zero-order valence-corrected chi connectivity index (χ0v) is 13.3. The Morgan fingerprint density at radius 3 is 2.58 bits per heavy atom. The highest BCUT2D eigenvalue weighted by Crippen LogP contribution is 2.24. The van der Waals surface area contributed by atoms with Crippen molar-refractivity contribution >= 4 is 17.8 Å². The zero-order valence-electron chi connectivity index (χ0n) is 13.3. The molecule has 0 aliphatic heterocycles. The minimum atomic E-state index is -0.365. The number of methoxy groups -OCH3 is 1. The lowest BCUT2D eigenvalue weighted by Crippen LogP contribution is -2.18. The summed E-state index contributed by atoms with van der Waals surface area (Å²) in [4.78, 5) is 21.9. The van der Waals surface area contributed by atoms with E-state index in [0.717, 1.165) is 5.56 Å². The maximum absolute atomic E-state index is 11.5. The summed E-state index contributed by atoms with van der Waals surface area (Å²) in [6, 6.07) is 13.1. The fourth-order valence-electron chi connectivity index (χ4n) is 2.20. The molecular formula is C17H16N4O3. The summed E-state index contributed by atoms with van der Waals surface area (Å²) < 4.78 is 9.99. The highest BCUT2D eigenvalue weighted by molar-refractivity contribution is 5.89. The predicted octanol–water partition coefficient (Wildman–Crippen LogP) is 2.90. The van der Waals surface area contributed by atoms with E-state index in [0.29, 0.717) is 29.8 Å². The Bertz CT molecular complexity index is 815. The molecule has 0 atom stereocenters. The minimum Gasteiger partial charge on any atom is -0.465 e. The lowest BCUT2D eigenvalue weighted by Gasteiger charge is -2.19. The van der Waals surface area contributed by atoms with Gasteiger partial charge in [0.1, 0.15) is 5.82 Å². The standard InChI is InChI=1S/C17H16N4O3/c1-12-19-17(24-20-12)21(15-5-3-4-10-18-15)11-13-6-8-14(9-7-13)16(22)23-2/h3-10H,11H2,1-2H3. The molecule has 0 spiro atoms. The molecule has 0 saturated heterocycles. The van der Waals surface area contributed by atoms with Crippen LogP contribution in [0.3, 0.4) is 0 Å². The van der Waals surface area contributed by atoms with Crippen molar-refractivity contribution in [1.82, 2.24) is 15.1 Å². The van der Waals surface area contributed by atoms with E-state index in [9.17, 15) is 4.79 Å². The van der Waals surface area contributed by atoms with Gasteiger partial charge in [0, 0.05) is 6.20 Å². The highest BCUT2D eigenvalue weighted by Gasteiger charge is 2.17. The maximum Gasteiger partial charge on any atom is 0.337 e. The van der Waals surface area contributed by atoms with Crippen molar-refractivity contribution in [3.8, 4) is 0 Å². The average molecular weight is 324 g/mol. The van der Waals surface area contributed by atoms with Gasteiger partial charge < -0.3 is 9.26 Å². The lowest BCUT2D eigenvalue weighted by atomic mass is 10.1. The number of anilines is 2. The van der Waals surface area contributed by atoms with Crippen LogP contribution in [0.2, 0.25) is 0 Å². The minimum absolute atomic E-state index is 0.364. The number of nitrogens with zero attached hydrogens (tertiary/aromatic N) is 4. The number of carbonyl (C=O) groups is 1. The summed E-state index contributed by atoms with van der Waals surface area (Å²) in [5.41, 5.74) is 1.46. The zero-order chi connectivity index (χ0) is 16.9. The van der Waals surface area contributed by atoms with Gasteiger partial charge >= 0.3 is 12.0 Å². The second kappa shape index (κ2) is 6.91. The van der Waals surface area contributed by atoms with E-state index in [-0.39, 0.29) is 5.97 Å². The van der Waals surface area contributed by atoms with Crippen LogP contribution in [-0.2, 0) is 11.3 Å². The van der Waals surface area contributed by atoms with Crippen LogP contribution < -0.4 is 4.90 Å². The molecule has 0 aliphatic rings. The molecule has 3 aromatic rings. The number of benzene rings is 1. The van der Waals surface area contributed by atoms with Crippen LogP contribution >= 0.6 is 0 Å². The summed E-state index contributed by atoms with van der Waals surface area (Å²) in [6.45, 7) is 2.23. The molecule has 122 valence electrons. The Balaban J connectivity index is 1.88. The van der Waals surface area contributed by atoms with Crippen LogP contribution in [0.25, 0.3) is 0 Å². The van der Waals surface area contributed by atoms with Crippen LogP contribution in [0.4, 0.5) is 11.8 Å². The van der Waals surface area contributed by atoms with Crippen molar-refractivity contribution in [1.29, 1.82) is 0 Å². The van der Waals surface area contributed by atoms with Crippen molar-refractivity contribution < 1.29 is 14.1 Å². The van der Waals surface area contributed by atoms with Crippen LogP contribution in [0.1, 0.15) is 21.7 Å². The molecule has 0 amide bonds. The number of hydrogen-bond donors (Lipinski definition) is 0. The smallest absolute Gasteiger partial charge is 0.337 e. The topological polar surface area (TPSA) is 81.4 Å². The molecular weight excluding hydrogens is 308 g/mol. The summed E-state index contributed by atoms with van der Waals surface area (Å²) >= 11 is 0. The molecule has 2 heterocycles. The predicted molar refractivity (Wildman–Crippen MR) is 86.9 cm³/mol. The average Bonchev–Trinajstić information content (AvgIpc) is 3.06. The third kappa shape index (κ3) is 3.40.